The molecule has 6 rings (SSSR count). The van der Waals surface area contributed by atoms with E-state index in [1.165, 1.54) is 49.3 Å². The van der Waals surface area contributed by atoms with E-state index >= 15 is 0 Å². The molecule has 0 saturated heterocycles. The van der Waals surface area contributed by atoms with Crippen molar-refractivity contribution in [2.75, 3.05) is 0 Å². The molecule has 0 amide bonds. The van der Waals surface area contributed by atoms with E-state index in [-0.39, 0.29) is 0 Å². The molecule has 0 radical (unpaired) electrons. The molecule has 0 unspecified atom stereocenters. The monoisotopic (exact) mass is 528 g/mol. The smallest absolute Gasteiger partial charge is 0.00145 e. The van der Waals surface area contributed by atoms with E-state index in [0.29, 0.717) is 0 Å². The van der Waals surface area contributed by atoms with Crippen LogP contribution in [-0.4, -0.2) is 0 Å². The van der Waals surface area contributed by atoms with Gasteiger partial charge >= 0.3 is 0 Å². The van der Waals surface area contributed by atoms with E-state index in [4.69, 9.17) is 0 Å². The Labute approximate surface area is 228 Å². The van der Waals surface area contributed by atoms with Gasteiger partial charge in [-0.15, -0.1) is 0 Å². The van der Waals surface area contributed by atoms with Crippen LogP contribution >= 0.6 is 30.6 Å². The van der Waals surface area contributed by atoms with Crippen molar-refractivity contribution in [2.45, 2.75) is 0 Å². The molecule has 0 aliphatic carbocycles. The molecular formula is C34H25PS2. The Bertz CT molecular complexity index is 1560. The van der Waals surface area contributed by atoms with Crippen LogP contribution in [0.5, 0.6) is 0 Å². The highest BCUT2D eigenvalue weighted by Gasteiger charge is 2.22. The predicted molar refractivity (Wildman–Crippen MR) is 166 cm³/mol. The molecule has 0 aliphatic heterocycles. The number of benzene rings is 4. The first-order valence-electron chi connectivity index (χ1n) is 12.2. The minimum absolute atomic E-state index is 0.723. The molecule has 0 atom stereocenters. The maximum absolute atomic E-state index is 2.33. The summed E-state index contributed by atoms with van der Waals surface area (Å²) in [6, 6.07) is 44.2. The summed E-state index contributed by atoms with van der Waals surface area (Å²) in [4.78, 5) is 0. The summed E-state index contributed by atoms with van der Waals surface area (Å²) in [5.41, 5.74) is 7.58. The maximum Gasteiger partial charge on any atom is -0.00145 e. The molecule has 0 spiro atoms. The molecule has 0 aliphatic rings. The van der Waals surface area contributed by atoms with Crippen molar-refractivity contribution in [3.8, 4) is 11.1 Å². The number of thiophene rings is 2. The Hall–Kier alpha value is -3.55. The minimum Gasteiger partial charge on any atom is -0.152 e. The molecule has 178 valence electrons. The summed E-state index contributed by atoms with van der Waals surface area (Å²) in [7, 11) is -0.723. The van der Waals surface area contributed by atoms with Gasteiger partial charge in [0.2, 0.25) is 0 Å². The van der Waals surface area contributed by atoms with Gasteiger partial charge in [0, 0.05) is 0 Å². The topological polar surface area (TPSA) is 0 Å². The van der Waals surface area contributed by atoms with Crippen LogP contribution in [0.4, 0.5) is 0 Å². The molecule has 2 heterocycles. The van der Waals surface area contributed by atoms with Crippen molar-refractivity contribution in [2.24, 2.45) is 0 Å². The van der Waals surface area contributed by atoms with Gasteiger partial charge in [-0.05, 0) is 97.0 Å². The van der Waals surface area contributed by atoms with Crippen molar-refractivity contribution in [3.05, 3.63) is 160 Å². The van der Waals surface area contributed by atoms with Crippen LogP contribution < -0.4 is 15.9 Å². The van der Waals surface area contributed by atoms with Gasteiger partial charge in [-0.2, -0.15) is 22.7 Å². The van der Waals surface area contributed by atoms with Crippen LogP contribution in [0.2, 0.25) is 0 Å². The van der Waals surface area contributed by atoms with Crippen LogP contribution in [0.25, 0.3) is 22.8 Å². The molecule has 2 aromatic heterocycles. The second-order valence-electron chi connectivity index (χ2n) is 8.70. The number of hydrogen-bond acceptors (Lipinski definition) is 2. The first kappa shape index (κ1) is 23.8. The SMILES string of the molecule is C(=C(/c1ccsc1)c1ccccc1-c1ccccc1P(c1ccccc1)c1ccccc1)/c1ccsc1. The average Bonchev–Trinajstić information content (AvgIpc) is 3.69. The van der Waals surface area contributed by atoms with Gasteiger partial charge in [0.15, 0.2) is 0 Å². The Morgan fingerprint density at radius 2 is 1.14 bits per heavy atom. The van der Waals surface area contributed by atoms with Crippen LogP contribution in [0.1, 0.15) is 16.7 Å². The lowest BCUT2D eigenvalue weighted by atomic mass is 9.91. The van der Waals surface area contributed by atoms with E-state index < -0.39 is 7.92 Å². The molecule has 0 fully saturated rings. The molecule has 0 N–H and O–H groups in total. The average molecular weight is 529 g/mol. The summed E-state index contributed by atoms with van der Waals surface area (Å²) in [6.45, 7) is 0. The second kappa shape index (κ2) is 11.2. The quantitative estimate of drug-likeness (QED) is 0.182. The highest BCUT2D eigenvalue weighted by atomic mass is 32.1. The van der Waals surface area contributed by atoms with E-state index in [1.54, 1.807) is 22.7 Å². The third kappa shape index (κ3) is 5.15. The fourth-order valence-corrected chi connectivity index (χ4v) is 8.43. The van der Waals surface area contributed by atoms with Crippen molar-refractivity contribution >= 4 is 58.2 Å². The molecule has 0 bridgehead atoms. The molecule has 4 aromatic carbocycles. The van der Waals surface area contributed by atoms with Gasteiger partial charge in [-0.25, -0.2) is 0 Å². The second-order valence-corrected chi connectivity index (χ2v) is 12.4. The Balaban J connectivity index is 1.57. The first-order valence-corrected chi connectivity index (χ1v) is 15.5. The van der Waals surface area contributed by atoms with Crippen molar-refractivity contribution in [3.63, 3.8) is 0 Å². The molecule has 0 nitrogen and oxygen atoms in total. The molecule has 37 heavy (non-hydrogen) atoms. The third-order valence-corrected chi connectivity index (χ3v) is 10.3. The summed E-state index contributed by atoms with van der Waals surface area (Å²) in [6.07, 6.45) is 2.33. The third-order valence-electron chi connectivity index (χ3n) is 6.37. The molecule has 0 saturated carbocycles. The van der Waals surface area contributed by atoms with Gasteiger partial charge in [0.05, 0.1) is 0 Å². The van der Waals surface area contributed by atoms with Crippen molar-refractivity contribution in [1.82, 2.24) is 0 Å². The Morgan fingerprint density at radius 3 is 1.78 bits per heavy atom. The van der Waals surface area contributed by atoms with Gasteiger partial charge in [-0.3, -0.25) is 0 Å². The Kier molecular flexibility index (Phi) is 7.23. The number of rotatable bonds is 7. The van der Waals surface area contributed by atoms with Crippen LogP contribution in [0.15, 0.2) is 143 Å². The predicted octanol–water partition coefficient (Wildman–Crippen LogP) is 8.82. The van der Waals surface area contributed by atoms with Gasteiger partial charge < -0.3 is 0 Å². The van der Waals surface area contributed by atoms with E-state index in [0.717, 1.165) is 0 Å². The van der Waals surface area contributed by atoms with Crippen LogP contribution in [-0.2, 0) is 0 Å². The van der Waals surface area contributed by atoms with E-state index in [2.05, 4.69) is 149 Å². The molecule has 6 aromatic rings. The summed E-state index contributed by atoms with van der Waals surface area (Å²) in [5, 5.41) is 12.9. The highest BCUT2D eigenvalue weighted by Crippen LogP contribution is 2.40. The maximum atomic E-state index is 2.33. The fourth-order valence-electron chi connectivity index (χ4n) is 4.69. The zero-order valence-corrected chi connectivity index (χ0v) is 22.7. The zero-order chi connectivity index (χ0) is 24.9. The van der Waals surface area contributed by atoms with E-state index in [1.807, 2.05) is 0 Å². The summed E-state index contributed by atoms with van der Waals surface area (Å²) < 4.78 is 0. The normalized spacial score (nSPS) is 11.6. The van der Waals surface area contributed by atoms with Crippen LogP contribution in [0.3, 0.4) is 0 Å². The Morgan fingerprint density at radius 1 is 0.541 bits per heavy atom. The summed E-state index contributed by atoms with van der Waals surface area (Å²) >= 11 is 3.48. The first-order chi connectivity index (χ1) is 18.4. The van der Waals surface area contributed by atoms with E-state index in [9.17, 15) is 0 Å². The largest absolute Gasteiger partial charge is 0.152 e. The standard InChI is InChI=1S/C34H25PS2/c1-3-11-28(12-4-1)35(29-13-5-2-6-14-29)34-18-10-9-17-32(34)30-15-7-8-16-31(30)33(27-20-22-37-25-27)23-26-19-21-36-24-26/h1-25H/b33-23+. The lowest BCUT2D eigenvalue weighted by Crippen LogP contribution is -2.22. The highest BCUT2D eigenvalue weighted by molar-refractivity contribution is 7.80. The van der Waals surface area contributed by atoms with Crippen LogP contribution in [0, 0.1) is 0 Å². The minimum atomic E-state index is -0.723. The van der Waals surface area contributed by atoms with Gasteiger partial charge in [-0.1, -0.05) is 109 Å². The number of hydrogen-bond donors (Lipinski definition) is 0. The molecule has 3 heteroatoms. The van der Waals surface area contributed by atoms with Crippen molar-refractivity contribution in [1.29, 1.82) is 0 Å². The van der Waals surface area contributed by atoms with Gasteiger partial charge in [0.25, 0.3) is 0 Å². The zero-order valence-electron chi connectivity index (χ0n) is 20.2. The molecular weight excluding hydrogens is 503 g/mol. The lowest BCUT2D eigenvalue weighted by Gasteiger charge is -2.24. The van der Waals surface area contributed by atoms with Gasteiger partial charge in [0.1, 0.15) is 0 Å². The van der Waals surface area contributed by atoms with Crippen molar-refractivity contribution < 1.29 is 0 Å². The lowest BCUT2D eigenvalue weighted by molar-refractivity contribution is 1.57. The summed E-state index contributed by atoms with van der Waals surface area (Å²) in [5.74, 6) is 0. The fraction of sp³-hybridized carbons (Fsp3) is 0.